The van der Waals surface area contributed by atoms with Crippen molar-refractivity contribution in [1.29, 1.82) is 0 Å². The Kier molecular flexibility index (Phi) is 5.36. The second kappa shape index (κ2) is 7.04. The van der Waals surface area contributed by atoms with E-state index in [2.05, 4.69) is 17.4 Å². The van der Waals surface area contributed by atoms with E-state index < -0.39 is 0 Å². The summed E-state index contributed by atoms with van der Waals surface area (Å²) in [6, 6.07) is 10.8. The van der Waals surface area contributed by atoms with Crippen LogP contribution in [0.2, 0.25) is 0 Å². The summed E-state index contributed by atoms with van der Waals surface area (Å²) in [6.07, 6.45) is 2.95. The largest absolute Gasteiger partial charge is 0.391 e. The number of rotatable bonds is 5. The quantitative estimate of drug-likeness (QED) is 0.840. The number of aliphatic hydroxyl groups is 1. The number of thioether (sulfide) groups is 1. The van der Waals surface area contributed by atoms with Crippen molar-refractivity contribution < 1.29 is 5.11 Å². The van der Waals surface area contributed by atoms with Crippen LogP contribution in [0.4, 0.5) is 0 Å². The third-order valence-electron chi connectivity index (χ3n) is 3.18. The van der Waals surface area contributed by atoms with E-state index in [0.717, 1.165) is 6.42 Å². The van der Waals surface area contributed by atoms with Crippen molar-refractivity contribution in [3.63, 3.8) is 0 Å². The summed E-state index contributed by atoms with van der Waals surface area (Å²) >= 11 is 2.03. The second-order valence-corrected chi connectivity index (χ2v) is 5.86. The Bertz CT molecular complexity index is 311. The SMILES string of the molecule is OC(CNC1CCSCC1)Cc1ccccc1. The lowest BCUT2D eigenvalue weighted by atomic mass is 10.1. The van der Waals surface area contributed by atoms with Gasteiger partial charge in [0.25, 0.3) is 0 Å². The second-order valence-electron chi connectivity index (χ2n) is 4.64. The third kappa shape index (κ3) is 4.70. The van der Waals surface area contributed by atoms with Gasteiger partial charge in [-0.05, 0) is 36.3 Å². The highest BCUT2D eigenvalue weighted by Crippen LogP contribution is 2.16. The maximum absolute atomic E-state index is 9.97. The van der Waals surface area contributed by atoms with Crippen LogP contribution in [-0.2, 0) is 6.42 Å². The molecule has 1 unspecified atom stereocenters. The van der Waals surface area contributed by atoms with E-state index in [9.17, 15) is 5.11 Å². The molecule has 1 saturated heterocycles. The van der Waals surface area contributed by atoms with Crippen LogP contribution in [0.3, 0.4) is 0 Å². The van der Waals surface area contributed by atoms with Gasteiger partial charge in [0, 0.05) is 12.6 Å². The molecule has 1 aliphatic rings. The molecule has 0 spiro atoms. The Morgan fingerprint density at radius 1 is 1.24 bits per heavy atom. The van der Waals surface area contributed by atoms with Crippen molar-refractivity contribution in [2.24, 2.45) is 0 Å². The zero-order valence-corrected chi connectivity index (χ0v) is 11.0. The number of aliphatic hydroxyl groups excluding tert-OH is 1. The molecule has 1 atom stereocenters. The third-order valence-corrected chi connectivity index (χ3v) is 4.23. The minimum Gasteiger partial charge on any atom is -0.391 e. The molecule has 17 heavy (non-hydrogen) atoms. The van der Waals surface area contributed by atoms with E-state index in [4.69, 9.17) is 0 Å². The zero-order valence-electron chi connectivity index (χ0n) is 10.1. The molecule has 1 aromatic carbocycles. The maximum atomic E-state index is 9.97. The van der Waals surface area contributed by atoms with E-state index in [1.807, 2.05) is 30.0 Å². The molecule has 2 rings (SSSR count). The van der Waals surface area contributed by atoms with Crippen molar-refractivity contribution in [2.45, 2.75) is 31.4 Å². The molecular weight excluding hydrogens is 230 g/mol. The smallest absolute Gasteiger partial charge is 0.0704 e. The lowest BCUT2D eigenvalue weighted by molar-refractivity contribution is 0.166. The molecular formula is C14H21NOS. The average Bonchev–Trinajstić information content (AvgIpc) is 2.39. The highest BCUT2D eigenvalue weighted by molar-refractivity contribution is 7.99. The van der Waals surface area contributed by atoms with E-state index in [-0.39, 0.29) is 6.10 Å². The predicted octanol–water partition coefficient (Wildman–Crippen LogP) is 2.08. The van der Waals surface area contributed by atoms with Gasteiger partial charge in [0.15, 0.2) is 0 Å². The van der Waals surface area contributed by atoms with Crippen LogP contribution in [-0.4, -0.2) is 35.3 Å². The first-order chi connectivity index (χ1) is 8.34. The van der Waals surface area contributed by atoms with Gasteiger partial charge in [0.1, 0.15) is 0 Å². The highest BCUT2D eigenvalue weighted by atomic mass is 32.2. The number of hydrogen-bond donors (Lipinski definition) is 2. The molecule has 1 aliphatic heterocycles. The van der Waals surface area contributed by atoms with Crippen molar-refractivity contribution in [3.05, 3.63) is 35.9 Å². The number of hydrogen-bond acceptors (Lipinski definition) is 3. The summed E-state index contributed by atoms with van der Waals surface area (Å²) in [5.74, 6) is 2.51. The van der Waals surface area contributed by atoms with E-state index in [1.54, 1.807) is 0 Å². The lowest BCUT2D eigenvalue weighted by Gasteiger charge is -2.24. The first-order valence-electron chi connectivity index (χ1n) is 6.38. The Morgan fingerprint density at radius 2 is 1.94 bits per heavy atom. The monoisotopic (exact) mass is 251 g/mol. The molecule has 0 bridgehead atoms. The predicted molar refractivity (Wildman–Crippen MR) is 74.5 cm³/mol. The van der Waals surface area contributed by atoms with Crippen LogP contribution in [0, 0.1) is 0 Å². The normalized spacial score (nSPS) is 19.1. The van der Waals surface area contributed by atoms with Gasteiger partial charge in [0.2, 0.25) is 0 Å². The molecule has 2 nitrogen and oxygen atoms in total. The zero-order chi connectivity index (χ0) is 11.9. The first kappa shape index (κ1) is 12.9. The Balaban J connectivity index is 1.68. The van der Waals surface area contributed by atoms with E-state index >= 15 is 0 Å². The summed E-state index contributed by atoms with van der Waals surface area (Å²) in [6.45, 7) is 0.713. The van der Waals surface area contributed by atoms with Gasteiger partial charge in [-0.15, -0.1) is 0 Å². The van der Waals surface area contributed by atoms with Gasteiger partial charge in [-0.25, -0.2) is 0 Å². The Labute approximate surface area is 108 Å². The molecule has 2 N–H and O–H groups in total. The molecule has 0 aliphatic carbocycles. The highest BCUT2D eigenvalue weighted by Gasteiger charge is 2.14. The molecule has 3 heteroatoms. The van der Waals surface area contributed by atoms with Crippen LogP contribution in [0.15, 0.2) is 30.3 Å². The lowest BCUT2D eigenvalue weighted by Crippen LogP contribution is -2.38. The molecule has 0 amide bonds. The van der Waals surface area contributed by atoms with Crippen LogP contribution < -0.4 is 5.32 Å². The van der Waals surface area contributed by atoms with Crippen molar-refractivity contribution in [1.82, 2.24) is 5.32 Å². The molecule has 94 valence electrons. The molecule has 1 heterocycles. The van der Waals surface area contributed by atoms with Crippen LogP contribution in [0.1, 0.15) is 18.4 Å². The summed E-state index contributed by atoms with van der Waals surface area (Å²) in [5, 5.41) is 13.4. The summed E-state index contributed by atoms with van der Waals surface area (Å²) < 4.78 is 0. The van der Waals surface area contributed by atoms with Gasteiger partial charge in [-0.3, -0.25) is 0 Å². The molecule has 0 saturated carbocycles. The van der Waals surface area contributed by atoms with E-state index in [0.29, 0.717) is 12.6 Å². The van der Waals surface area contributed by atoms with E-state index in [1.165, 1.54) is 29.9 Å². The average molecular weight is 251 g/mol. The van der Waals surface area contributed by atoms with Crippen LogP contribution >= 0.6 is 11.8 Å². The minimum absolute atomic E-state index is 0.271. The summed E-state index contributed by atoms with van der Waals surface area (Å²) in [5.41, 5.74) is 1.21. The fourth-order valence-corrected chi connectivity index (χ4v) is 3.27. The van der Waals surface area contributed by atoms with Crippen molar-refractivity contribution in [2.75, 3.05) is 18.1 Å². The molecule has 0 radical (unpaired) electrons. The number of benzene rings is 1. The molecule has 1 aromatic rings. The molecule has 0 aromatic heterocycles. The summed E-state index contributed by atoms with van der Waals surface area (Å²) in [4.78, 5) is 0. The minimum atomic E-state index is -0.271. The fourth-order valence-electron chi connectivity index (χ4n) is 2.16. The summed E-state index contributed by atoms with van der Waals surface area (Å²) in [7, 11) is 0. The van der Waals surface area contributed by atoms with Gasteiger partial charge in [-0.1, -0.05) is 30.3 Å². The Hall–Kier alpha value is -0.510. The van der Waals surface area contributed by atoms with Gasteiger partial charge < -0.3 is 10.4 Å². The van der Waals surface area contributed by atoms with Crippen LogP contribution in [0.5, 0.6) is 0 Å². The van der Waals surface area contributed by atoms with Gasteiger partial charge >= 0.3 is 0 Å². The van der Waals surface area contributed by atoms with Crippen LogP contribution in [0.25, 0.3) is 0 Å². The Morgan fingerprint density at radius 3 is 2.65 bits per heavy atom. The van der Waals surface area contributed by atoms with Gasteiger partial charge in [-0.2, -0.15) is 11.8 Å². The fraction of sp³-hybridized carbons (Fsp3) is 0.571. The topological polar surface area (TPSA) is 32.3 Å². The maximum Gasteiger partial charge on any atom is 0.0704 e. The number of nitrogens with one attached hydrogen (secondary N) is 1. The van der Waals surface area contributed by atoms with Crippen molar-refractivity contribution >= 4 is 11.8 Å². The first-order valence-corrected chi connectivity index (χ1v) is 7.53. The standard InChI is InChI=1S/C14H21NOS/c16-14(10-12-4-2-1-3-5-12)11-15-13-6-8-17-9-7-13/h1-5,13-16H,6-11H2. The molecule has 1 fully saturated rings. The van der Waals surface area contributed by atoms with Gasteiger partial charge in [0.05, 0.1) is 6.10 Å². The van der Waals surface area contributed by atoms with Crippen molar-refractivity contribution in [3.8, 4) is 0 Å².